The van der Waals surface area contributed by atoms with Crippen LogP contribution in [0.25, 0.3) is 0 Å². The lowest BCUT2D eigenvalue weighted by atomic mass is 9.94. The van der Waals surface area contributed by atoms with Crippen LogP contribution in [0.15, 0.2) is 6.20 Å². The van der Waals surface area contributed by atoms with Crippen molar-refractivity contribution in [2.45, 2.75) is 33.2 Å². The van der Waals surface area contributed by atoms with Crippen molar-refractivity contribution in [1.29, 1.82) is 0 Å². The molecule has 0 radical (unpaired) electrons. The lowest BCUT2D eigenvalue weighted by Crippen LogP contribution is -2.46. The molecule has 3 rings (SSSR count). The van der Waals surface area contributed by atoms with Crippen molar-refractivity contribution >= 4 is 5.91 Å². The summed E-state index contributed by atoms with van der Waals surface area (Å²) < 4.78 is 10.8. The third-order valence-electron chi connectivity index (χ3n) is 5.38. The summed E-state index contributed by atoms with van der Waals surface area (Å²) in [5.74, 6) is 1.41. The number of methoxy groups -OCH3 is 1. The fourth-order valence-electron chi connectivity index (χ4n) is 3.82. The van der Waals surface area contributed by atoms with Crippen LogP contribution < -0.4 is 4.74 Å². The summed E-state index contributed by atoms with van der Waals surface area (Å²) in [6, 6.07) is 0. The van der Waals surface area contributed by atoms with Crippen LogP contribution >= 0.6 is 0 Å². The summed E-state index contributed by atoms with van der Waals surface area (Å²) in [6.45, 7) is 9.62. The number of rotatable bonds is 4. The van der Waals surface area contributed by atoms with Gasteiger partial charge in [-0.15, -0.1) is 0 Å². The molecule has 2 aliphatic rings. The van der Waals surface area contributed by atoms with E-state index in [1.165, 1.54) is 0 Å². The van der Waals surface area contributed by atoms with E-state index < -0.39 is 0 Å². The lowest BCUT2D eigenvalue weighted by Gasteiger charge is -2.35. The molecule has 3 heterocycles. The van der Waals surface area contributed by atoms with Crippen LogP contribution in [0.1, 0.15) is 29.7 Å². The van der Waals surface area contributed by atoms with E-state index in [0.717, 1.165) is 68.1 Å². The quantitative estimate of drug-likeness (QED) is 0.831. The molecule has 25 heavy (non-hydrogen) atoms. The second-order valence-corrected chi connectivity index (χ2v) is 7.03. The van der Waals surface area contributed by atoms with Crippen LogP contribution in [0.5, 0.6) is 5.75 Å². The summed E-state index contributed by atoms with van der Waals surface area (Å²) in [5.41, 5.74) is 3.26. The molecule has 1 aromatic rings. The third kappa shape index (κ3) is 4.12. The Kier molecular flexibility index (Phi) is 5.91. The summed E-state index contributed by atoms with van der Waals surface area (Å²) in [7, 11) is 1.71. The van der Waals surface area contributed by atoms with E-state index in [1.54, 1.807) is 7.11 Å². The Morgan fingerprint density at radius 3 is 2.56 bits per heavy atom. The number of amides is 1. The maximum atomic E-state index is 12.6. The van der Waals surface area contributed by atoms with E-state index in [4.69, 9.17) is 9.47 Å². The lowest BCUT2D eigenvalue weighted by molar-refractivity contribution is -0.141. The predicted octanol–water partition coefficient (Wildman–Crippen LogP) is 1.78. The molecule has 2 aliphatic heterocycles. The van der Waals surface area contributed by atoms with Crippen molar-refractivity contribution < 1.29 is 14.3 Å². The smallest absolute Gasteiger partial charge is 0.225 e. The maximum Gasteiger partial charge on any atom is 0.225 e. The van der Waals surface area contributed by atoms with E-state index in [9.17, 15) is 4.79 Å². The Morgan fingerprint density at radius 2 is 1.92 bits per heavy atom. The molecule has 2 fully saturated rings. The van der Waals surface area contributed by atoms with Gasteiger partial charge in [-0.25, -0.2) is 0 Å². The van der Waals surface area contributed by atoms with Crippen molar-refractivity contribution in [3.05, 3.63) is 23.0 Å². The molecule has 1 amide bonds. The largest absolute Gasteiger partial charge is 0.496 e. The number of carbonyl (C=O) groups excluding carboxylic acids is 1. The van der Waals surface area contributed by atoms with E-state index in [2.05, 4.69) is 16.8 Å². The number of carbonyl (C=O) groups is 1. The van der Waals surface area contributed by atoms with Crippen molar-refractivity contribution in [2.75, 3.05) is 46.5 Å². The summed E-state index contributed by atoms with van der Waals surface area (Å²) >= 11 is 0. The van der Waals surface area contributed by atoms with Crippen LogP contribution in [-0.2, 0) is 16.1 Å². The van der Waals surface area contributed by atoms with E-state index in [0.29, 0.717) is 19.1 Å². The normalized spacial score (nSPS) is 19.9. The van der Waals surface area contributed by atoms with Crippen molar-refractivity contribution in [1.82, 2.24) is 14.8 Å². The SMILES string of the molecule is COc1c(C)cnc(CN2CCC(C(=O)N3CCOCC3)CC2)c1C. The second kappa shape index (κ2) is 8.15. The van der Waals surface area contributed by atoms with Crippen molar-refractivity contribution in [3.63, 3.8) is 0 Å². The molecule has 6 heteroatoms. The number of nitrogens with zero attached hydrogens (tertiary/aromatic N) is 3. The van der Waals surface area contributed by atoms with Gasteiger partial charge in [0.1, 0.15) is 5.75 Å². The van der Waals surface area contributed by atoms with Crippen molar-refractivity contribution in [3.8, 4) is 5.75 Å². The van der Waals surface area contributed by atoms with E-state index in [1.807, 2.05) is 18.0 Å². The molecule has 0 atom stereocenters. The third-order valence-corrected chi connectivity index (χ3v) is 5.38. The van der Waals surface area contributed by atoms with Gasteiger partial charge in [-0.1, -0.05) is 0 Å². The van der Waals surface area contributed by atoms with Crippen LogP contribution in [-0.4, -0.2) is 67.2 Å². The number of hydrogen-bond acceptors (Lipinski definition) is 5. The molecule has 0 spiro atoms. The fourth-order valence-corrected chi connectivity index (χ4v) is 3.82. The Labute approximate surface area is 150 Å². The summed E-state index contributed by atoms with van der Waals surface area (Å²) in [6.07, 6.45) is 3.74. The number of morpholine rings is 1. The molecule has 1 aromatic heterocycles. The van der Waals surface area contributed by atoms with Gasteiger partial charge in [-0.05, 0) is 39.8 Å². The topological polar surface area (TPSA) is 54.9 Å². The Balaban J connectivity index is 1.55. The molecule has 0 N–H and O–H groups in total. The minimum atomic E-state index is 0.163. The molecule has 138 valence electrons. The first-order valence-corrected chi connectivity index (χ1v) is 9.18. The highest BCUT2D eigenvalue weighted by Crippen LogP contribution is 2.26. The van der Waals surface area contributed by atoms with Gasteiger partial charge in [-0.3, -0.25) is 14.7 Å². The number of ether oxygens (including phenoxy) is 2. The van der Waals surface area contributed by atoms with Gasteiger partial charge in [0, 0.05) is 42.9 Å². The van der Waals surface area contributed by atoms with Crippen molar-refractivity contribution in [2.24, 2.45) is 5.92 Å². The molecule has 0 bridgehead atoms. The Hall–Kier alpha value is -1.66. The van der Waals surface area contributed by atoms with Crippen LogP contribution in [0.4, 0.5) is 0 Å². The average molecular weight is 347 g/mol. The minimum absolute atomic E-state index is 0.163. The second-order valence-electron chi connectivity index (χ2n) is 7.03. The fraction of sp³-hybridized carbons (Fsp3) is 0.684. The number of likely N-dealkylation sites (tertiary alicyclic amines) is 1. The van der Waals surface area contributed by atoms with Crippen LogP contribution in [0.3, 0.4) is 0 Å². The first-order valence-electron chi connectivity index (χ1n) is 9.18. The average Bonchev–Trinajstić information content (AvgIpc) is 2.65. The standard InChI is InChI=1S/C19H29N3O3/c1-14-12-20-17(15(2)18(14)24-3)13-21-6-4-16(5-7-21)19(23)22-8-10-25-11-9-22/h12,16H,4-11,13H2,1-3H3. The monoisotopic (exact) mass is 347 g/mol. The summed E-state index contributed by atoms with van der Waals surface area (Å²) in [5, 5.41) is 0. The Morgan fingerprint density at radius 1 is 1.24 bits per heavy atom. The van der Waals surface area contributed by atoms with Gasteiger partial charge in [0.05, 0.1) is 26.0 Å². The Bertz CT molecular complexity index is 606. The molecule has 2 saturated heterocycles. The number of aromatic nitrogens is 1. The van der Waals surface area contributed by atoms with Crippen LogP contribution in [0.2, 0.25) is 0 Å². The van der Waals surface area contributed by atoms with Crippen LogP contribution in [0, 0.1) is 19.8 Å². The first kappa shape index (κ1) is 18.1. The van der Waals surface area contributed by atoms with E-state index in [-0.39, 0.29) is 5.92 Å². The zero-order valence-electron chi connectivity index (χ0n) is 15.6. The number of piperidine rings is 1. The van der Waals surface area contributed by atoms with Gasteiger partial charge in [0.15, 0.2) is 0 Å². The molecular weight excluding hydrogens is 318 g/mol. The highest BCUT2D eigenvalue weighted by molar-refractivity contribution is 5.79. The predicted molar refractivity (Wildman–Crippen MR) is 95.7 cm³/mol. The minimum Gasteiger partial charge on any atom is -0.496 e. The number of pyridine rings is 1. The van der Waals surface area contributed by atoms with E-state index >= 15 is 0 Å². The van der Waals surface area contributed by atoms with Gasteiger partial charge in [-0.2, -0.15) is 0 Å². The number of hydrogen-bond donors (Lipinski definition) is 0. The zero-order valence-corrected chi connectivity index (χ0v) is 15.6. The molecule has 0 aliphatic carbocycles. The summed E-state index contributed by atoms with van der Waals surface area (Å²) in [4.78, 5) is 21.6. The van der Waals surface area contributed by atoms with Gasteiger partial charge in [0.25, 0.3) is 0 Å². The molecular formula is C19H29N3O3. The highest BCUT2D eigenvalue weighted by atomic mass is 16.5. The molecule has 0 aromatic carbocycles. The highest BCUT2D eigenvalue weighted by Gasteiger charge is 2.29. The maximum absolute atomic E-state index is 12.6. The van der Waals surface area contributed by atoms with Gasteiger partial charge < -0.3 is 14.4 Å². The number of aryl methyl sites for hydroxylation is 1. The molecule has 0 unspecified atom stereocenters. The molecule has 6 nitrogen and oxygen atoms in total. The molecule has 0 saturated carbocycles. The van der Waals surface area contributed by atoms with Gasteiger partial charge in [0.2, 0.25) is 5.91 Å². The zero-order chi connectivity index (χ0) is 17.8. The first-order chi connectivity index (χ1) is 12.1. The van der Waals surface area contributed by atoms with Gasteiger partial charge >= 0.3 is 0 Å².